The first-order chi connectivity index (χ1) is 9.49. The predicted molar refractivity (Wildman–Crippen MR) is 73.6 cm³/mol. The molecule has 2 heterocycles. The molecule has 1 saturated heterocycles. The first kappa shape index (κ1) is 14.4. The number of amides is 3. The van der Waals surface area contributed by atoms with E-state index in [4.69, 9.17) is 4.42 Å². The third kappa shape index (κ3) is 3.11. The summed E-state index contributed by atoms with van der Waals surface area (Å²) >= 11 is 0.866. The van der Waals surface area contributed by atoms with Crippen molar-refractivity contribution in [2.24, 2.45) is 0 Å². The van der Waals surface area contributed by atoms with Crippen molar-refractivity contribution in [3.8, 4) is 0 Å². The lowest BCUT2D eigenvalue weighted by Gasteiger charge is -2.11. The summed E-state index contributed by atoms with van der Waals surface area (Å²) in [6.07, 6.45) is 1.51. The molecule has 1 aliphatic rings. The lowest BCUT2D eigenvalue weighted by atomic mass is 10.3. The fourth-order valence-corrected chi connectivity index (χ4v) is 2.48. The molecule has 7 heteroatoms. The van der Waals surface area contributed by atoms with E-state index in [1.54, 1.807) is 26.0 Å². The van der Waals surface area contributed by atoms with Crippen LogP contribution in [0.5, 0.6) is 0 Å². The van der Waals surface area contributed by atoms with Crippen molar-refractivity contribution in [2.75, 3.05) is 6.54 Å². The number of hydrogen-bond donors (Lipinski definition) is 1. The minimum absolute atomic E-state index is 0.227. The van der Waals surface area contributed by atoms with Crippen molar-refractivity contribution in [1.29, 1.82) is 0 Å². The molecule has 0 saturated carbocycles. The van der Waals surface area contributed by atoms with Gasteiger partial charge in [-0.2, -0.15) is 0 Å². The van der Waals surface area contributed by atoms with Gasteiger partial charge in [0.15, 0.2) is 0 Å². The smallest absolute Gasteiger partial charge is 0.294 e. The van der Waals surface area contributed by atoms with Gasteiger partial charge in [0.05, 0.1) is 17.7 Å². The number of hydrogen-bond acceptors (Lipinski definition) is 5. The molecule has 0 aromatic carbocycles. The number of carbonyl (C=O) groups excluding carboxylic acids is 3. The maximum Gasteiger partial charge on any atom is 0.294 e. The molecule has 20 heavy (non-hydrogen) atoms. The van der Waals surface area contributed by atoms with Crippen molar-refractivity contribution in [3.63, 3.8) is 0 Å². The Kier molecular flexibility index (Phi) is 4.29. The molecule has 106 valence electrons. The second kappa shape index (κ2) is 5.96. The van der Waals surface area contributed by atoms with Crippen LogP contribution in [0.3, 0.4) is 0 Å². The third-order valence-electron chi connectivity index (χ3n) is 2.64. The van der Waals surface area contributed by atoms with E-state index in [0.717, 1.165) is 22.2 Å². The highest BCUT2D eigenvalue weighted by Crippen LogP contribution is 2.32. The fourth-order valence-electron chi connectivity index (χ4n) is 1.64. The molecule has 3 amide bonds. The number of carbonyl (C=O) groups is 3. The average Bonchev–Trinajstić information content (AvgIpc) is 2.99. The topological polar surface area (TPSA) is 79.6 Å². The van der Waals surface area contributed by atoms with E-state index in [0.29, 0.717) is 10.7 Å². The van der Waals surface area contributed by atoms with Gasteiger partial charge in [0.25, 0.3) is 11.1 Å². The Labute approximate surface area is 120 Å². The highest BCUT2D eigenvalue weighted by atomic mass is 32.2. The first-order valence-corrected chi connectivity index (χ1v) is 6.81. The van der Waals surface area contributed by atoms with E-state index >= 15 is 0 Å². The molecule has 1 aromatic rings. The molecule has 1 aliphatic heterocycles. The zero-order chi connectivity index (χ0) is 14.7. The van der Waals surface area contributed by atoms with Crippen molar-refractivity contribution in [1.82, 2.24) is 10.2 Å². The number of imide groups is 1. The molecule has 0 radical (unpaired) electrons. The number of thioether (sulfide) groups is 1. The standard InChI is InChI=1S/C13H14N2O4S/c1-8(2)11-12(17)15(13(18)20-11)7-10(16)14-6-9-4-3-5-19-9/h3-5H,6-7H2,1-2H3,(H,14,16). The van der Waals surface area contributed by atoms with Gasteiger partial charge in [0.1, 0.15) is 12.3 Å². The summed E-state index contributed by atoms with van der Waals surface area (Å²) in [4.78, 5) is 36.7. The summed E-state index contributed by atoms with van der Waals surface area (Å²) in [5.41, 5.74) is 0.770. The Morgan fingerprint density at radius 1 is 1.40 bits per heavy atom. The monoisotopic (exact) mass is 294 g/mol. The Bertz CT molecular complexity index is 573. The van der Waals surface area contributed by atoms with Crippen LogP contribution in [0, 0.1) is 0 Å². The summed E-state index contributed by atoms with van der Waals surface area (Å²) < 4.78 is 5.07. The second-order valence-corrected chi connectivity index (χ2v) is 5.41. The fraction of sp³-hybridized carbons (Fsp3) is 0.308. The lowest BCUT2D eigenvalue weighted by Crippen LogP contribution is -2.39. The van der Waals surface area contributed by atoms with Crippen LogP contribution in [0.4, 0.5) is 4.79 Å². The lowest BCUT2D eigenvalue weighted by molar-refractivity contribution is -0.129. The molecule has 0 aliphatic carbocycles. The average molecular weight is 294 g/mol. The largest absolute Gasteiger partial charge is 0.467 e. The Morgan fingerprint density at radius 2 is 2.15 bits per heavy atom. The van der Waals surface area contributed by atoms with Crippen LogP contribution in [0.2, 0.25) is 0 Å². The molecule has 0 atom stereocenters. The summed E-state index contributed by atoms with van der Waals surface area (Å²) in [5, 5.41) is 2.18. The normalized spacial score (nSPS) is 14.9. The van der Waals surface area contributed by atoms with Crippen LogP contribution in [-0.2, 0) is 16.1 Å². The van der Waals surface area contributed by atoms with Gasteiger partial charge in [0, 0.05) is 0 Å². The van der Waals surface area contributed by atoms with Crippen LogP contribution in [0.1, 0.15) is 19.6 Å². The summed E-state index contributed by atoms with van der Waals surface area (Å²) in [6, 6.07) is 3.44. The summed E-state index contributed by atoms with van der Waals surface area (Å²) in [6.45, 7) is 3.47. The maximum absolute atomic E-state index is 12.0. The third-order valence-corrected chi connectivity index (χ3v) is 3.83. The van der Waals surface area contributed by atoms with Gasteiger partial charge in [-0.05, 0) is 37.7 Å². The maximum atomic E-state index is 12.0. The molecule has 1 aromatic heterocycles. The van der Waals surface area contributed by atoms with Crippen molar-refractivity contribution >= 4 is 28.8 Å². The molecule has 1 fully saturated rings. The van der Waals surface area contributed by atoms with Crippen molar-refractivity contribution in [3.05, 3.63) is 34.6 Å². The zero-order valence-corrected chi connectivity index (χ0v) is 12.0. The van der Waals surface area contributed by atoms with Gasteiger partial charge in [0.2, 0.25) is 5.91 Å². The number of rotatable bonds is 4. The minimum atomic E-state index is -0.417. The van der Waals surface area contributed by atoms with Gasteiger partial charge in [-0.25, -0.2) is 0 Å². The molecule has 0 unspecified atom stereocenters. The zero-order valence-electron chi connectivity index (χ0n) is 11.1. The van der Waals surface area contributed by atoms with E-state index in [1.807, 2.05) is 0 Å². The quantitative estimate of drug-likeness (QED) is 0.858. The van der Waals surface area contributed by atoms with Crippen LogP contribution in [0.25, 0.3) is 0 Å². The Morgan fingerprint density at radius 3 is 2.70 bits per heavy atom. The van der Waals surface area contributed by atoms with E-state index in [-0.39, 0.29) is 13.1 Å². The van der Waals surface area contributed by atoms with Gasteiger partial charge >= 0.3 is 0 Å². The van der Waals surface area contributed by atoms with Crippen LogP contribution in [-0.4, -0.2) is 28.5 Å². The van der Waals surface area contributed by atoms with E-state index in [1.165, 1.54) is 6.26 Å². The molecule has 0 bridgehead atoms. The SMILES string of the molecule is CC(C)=C1SC(=O)N(CC(=O)NCc2ccco2)C1=O. The molecule has 6 nitrogen and oxygen atoms in total. The number of nitrogens with zero attached hydrogens (tertiary/aromatic N) is 1. The highest BCUT2D eigenvalue weighted by molar-refractivity contribution is 8.18. The predicted octanol–water partition coefficient (Wildman–Crippen LogP) is 1.89. The molecule has 1 N–H and O–H groups in total. The summed E-state index contributed by atoms with van der Waals surface area (Å²) in [7, 11) is 0. The van der Waals surface area contributed by atoms with Gasteiger partial charge in [-0.1, -0.05) is 5.57 Å². The number of nitrogens with one attached hydrogen (secondary N) is 1. The molecular formula is C13H14N2O4S. The van der Waals surface area contributed by atoms with Gasteiger partial charge in [-0.3, -0.25) is 19.3 Å². The first-order valence-electron chi connectivity index (χ1n) is 5.99. The number of furan rings is 1. The molecular weight excluding hydrogens is 280 g/mol. The second-order valence-electron chi connectivity index (χ2n) is 4.44. The van der Waals surface area contributed by atoms with Gasteiger partial charge in [-0.15, -0.1) is 0 Å². The van der Waals surface area contributed by atoms with Gasteiger partial charge < -0.3 is 9.73 Å². The van der Waals surface area contributed by atoms with E-state index in [2.05, 4.69) is 5.32 Å². The Hall–Kier alpha value is -2.02. The summed E-state index contributed by atoms with van der Waals surface area (Å²) in [5.74, 6) is -0.205. The van der Waals surface area contributed by atoms with Crippen molar-refractivity contribution < 1.29 is 18.8 Å². The van der Waals surface area contributed by atoms with Crippen LogP contribution < -0.4 is 5.32 Å². The number of allylic oxidation sites excluding steroid dienone is 1. The van der Waals surface area contributed by atoms with E-state index < -0.39 is 17.1 Å². The highest BCUT2D eigenvalue weighted by Gasteiger charge is 2.36. The Balaban J connectivity index is 1.93. The van der Waals surface area contributed by atoms with Crippen LogP contribution >= 0.6 is 11.8 Å². The van der Waals surface area contributed by atoms with Crippen LogP contribution in [0.15, 0.2) is 33.3 Å². The van der Waals surface area contributed by atoms with Crippen molar-refractivity contribution in [2.45, 2.75) is 20.4 Å². The minimum Gasteiger partial charge on any atom is -0.467 e. The molecule has 0 spiro atoms. The molecule has 2 rings (SSSR count). The van der Waals surface area contributed by atoms with E-state index in [9.17, 15) is 14.4 Å².